The second-order valence-electron chi connectivity index (χ2n) is 26.1. The summed E-state index contributed by atoms with van der Waals surface area (Å²) >= 11 is 0. The molecular formula is C76H141N2O7P. The third-order valence-electron chi connectivity index (χ3n) is 16.4. The number of rotatable bonds is 67. The number of phosphoric ester groups is 1. The van der Waals surface area contributed by atoms with Gasteiger partial charge < -0.3 is 28.5 Å². The predicted molar refractivity (Wildman–Crippen MR) is 372 cm³/mol. The van der Waals surface area contributed by atoms with Gasteiger partial charge in [0.05, 0.1) is 33.8 Å². The average molecular weight is 1230 g/mol. The minimum atomic E-state index is -4.71. The summed E-state index contributed by atoms with van der Waals surface area (Å²) in [5.74, 6) is -0.541. The summed E-state index contributed by atoms with van der Waals surface area (Å²) in [5.41, 5.74) is 0. The minimum absolute atomic E-state index is 0.0254. The maximum absolute atomic E-state index is 13.6. The molecule has 0 saturated heterocycles. The van der Waals surface area contributed by atoms with Crippen molar-refractivity contribution in [2.24, 2.45) is 0 Å². The Morgan fingerprint density at radius 3 is 1.12 bits per heavy atom. The Morgan fingerprint density at radius 1 is 0.419 bits per heavy atom. The van der Waals surface area contributed by atoms with E-state index in [-0.39, 0.29) is 24.9 Å². The number of nitrogens with one attached hydrogen (secondary N) is 1. The number of allylic oxidation sites excluding steroid dienone is 11. The van der Waals surface area contributed by atoms with E-state index in [4.69, 9.17) is 13.8 Å². The van der Waals surface area contributed by atoms with Crippen LogP contribution in [0.25, 0.3) is 0 Å². The molecule has 0 radical (unpaired) electrons. The van der Waals surface area contributed by atoms with Gasteiger partial charge in [-0.25, -0.2) is 0 Å². The molecule has 0 rings (SSSR count). The SMILES string of the molecule is CC/C=C\C/C=C\C/C=C\C/C=C\C/C=C\CCCCCCCCCC(=O)NC(COP(=O)([O-])OCC[N+](C)(C)C)C(/C=C/CCCCCCCCCCCC)OC(=O)CCCCCCCCCCCCCCCCCCCCCCCCCCC. The van der Waals surface area contributed by atoms with Crippen LogP contribution in [0.1, 0.15) is 348 Å². The highest BCUT2D eigenvalue weighted by Crippen LogP contribution is 2.38. The van der Waals surface area contributed by atoms with Crippen molar-refractivity contribution in [2.75, 3.05) is 40.9 Å². The monoisotopic (exact) mass is 1230 g/mol. The van der Waals surface area contributed by atoms with Crippen molar-refractivity contribution in [3.8, 4) is 0 Å². The summed E-state index contributed by atoms with van der Waals surface area (Å²) in [6, 6.07) is -0.897. The number of quaternary nitrogens is 1. The summed E-state index contributed by atoms with van der Waals surface area (Å²) in [4.78, 5) is 40.2. The number of unbranched alkanes of at least 4 members (excludes halogenated alkanes) is 41. The molecule has 0 aliphatic heterocycles. The molecule has 0 aromatic carbocycles. The highest BCUT2D eigenvalue weighted by molar-refractivity contribution is 7.45. The third kappa shape index (κ3) is 65.9. The van der Waals surface area contributed by atoms with Crippen molar-refractivity contribution in [2.45, 2.75) is 360 Å². The molecule has 1 N–H and O–H groups in total. The highest BCUT2D eigenvalue weighted by atomic mass is 31.2. The molecule has 502 valence electrons. The number of likely N-dealkylation sites (N-methyl/N-ethyl adjacent to an activating group) is 1. The van der Waals surface area contributed by atoms with E-state index in [1.165, 1.54) is 212 Å². The zero-order chi connectivity index (χ0) is 62.8. The van der Waals surface area contributed by atoms with E-state index in [2.05, 4.69) is 86.8 Å². The molecule has 0 aliphatic carbocycles. The van der Waals surface area contributed by atoms with Gasteiger partial charge in [0.1, 0.15) is 19.3 Å². The molecule has 86 heavy (non-hydrogen) atoms. The summed E-state index contributed by atoms with van der Waals surface area (Å²) in [5, 5.41) is 3.04. The normalized spacial score (nSPS) is 13.9. The van der Waals surface area contributed by atoms with Crippen molar-refractivity contribution >= 4 is 19.7 Å². The van der Waals surface area contributed by atoms with Gasteiger partial charge in [0.25, 0.3) is 7.82 Å². The van der Waals surface area contributed by atoms with Crippen molar-refractivity contribution in [1.82, 2.24) is 5.32 Å². The molecule has 0 aliphatic rings. The van der Waals surface area contributed by atoms with E-state index in [0.29, 0.717) is 17.4 Å². The maximum Gasteiger partial charge on any atom is 0.306 e. The first kappa shape index (κ1) is 83.5. The number of esters is 1. The first-order chi connectivity index (χ1) is 41.9. The van der Waals surface area contributed by atoms with Crippen LogP contribution in [0.3, 0.4) is 0 Å². The van der Waals surface area contributed by atoms with Crippen LogP contribution in [0.4, 0.5) is 0 Å². The number of carbonyl (C=O) groups is 2. The van der Waals surface area contributed by atoms with Gasteiger partial charge in [-0.2, -0.15) is 0 Å². The van der Waals surface area contributed by atoms with Gasteiger partial charge in [-0.1, -0.05) is 332 Å². The summed E-state index contributed by atoms with van der Waals surface area (Å²) in [7, 11) is 1.18. The molecule has 0 fully saturated rings. The first-order valence-electron chi connectivity index (χ1n) is 36.7. The first-order valence-corrected chi connectivity index (χ1v) is 38.2. The van der Waals surface area contributed by atoms with Crippen molar-refractivity contribution in [1.29, 1.82) is 0 Å². The molecular weight excluding hydrogens is 1080 g/mol. The van der Waals surface area contributed by atoms with E-state index in [0.717, 1.165) is 103 Å². The quantitative estimate of drug-likeness (QED) is 0.0212. The van der Waals surface area contributed by atoms with E-state index in [1.54, 1.807) is 0 Å². The van der Waals surface area contributed by atoms with Crippen molar-refractivity contribution < 1.29 is 37.3 Å². The van der Waals surface area contributed by atoms with Crippen LogP contribution >= 0.6 is 7.82 Å². The fourth-order valence-corrected chi connectivity index (χ4v) is 11.5. The second kappa shape index (κ2) is 65.4. The van der Waals surface area contributed by atoms with Crippen molar-refractivity contribution in [3.05, 3.63) is 72.9 Å². The molecule has 0 heterocycles. The fourth-order valence-electron chi connectivity index (χ4n) is 10.8. The molecule has 1 amide bonds. The van der Waals surface area contributed by atoms with Crippen LogP contribution in [-0.2, 0) is 27.9 Å². The average Bonchev–Trinajstić information content (AvgIpc) is 3.66. The number of ether oxygens (including phenoxy) is 1. The van der Waals surface area contributed by atoms with Gasteiger partial charge in [-0.15, -0.1) is 0 Å². The molecule has 9 nitrogen and oxygen atoms in total. The lowest BCUT2D eigenvalue weighted by atomic mass is 10.0. The zero-order valence-electron chi connectivity index (χ0n) is 57.5. The van der Waals surface area contributed by atoms with Gasteiger partial charge in [-0.3, -0.25) is 14.2 Å². The minimum Gasteiger partial charge on any atom is -0.756 e. The van der Waals surface area contributed by atoms with Crippen LogP contribution in [0, 0.1) is 0 Å². The second-order valence-corrected chi connectivity index (χ2v) is 27.5. The fraction of sp³-hybridized carbons (Fsp3) is 0.816. The Morgan fingerprint density at radius 2 is 0.744 bits per heavy atom. The van der Waals surface area contributed by atoms with E-state index >= 15 is 0 Å². The van der Waals surface area contributed by atoms with Gasteiger partial charge in [-0.05, 0) is 76.7 Å². The molecule has 0 bridgehead atoms. The number of carbonyl (C=O) groups excluding carboxylic acids is 2. The van der Waals surface area contributed by atoms with Gasteiger partial charge in [0, 0.05) is 12.8 Å². The van der Waals surface area contributed by atoms with Gasteiger partial charge >= 0.3 is 5.97 Å². The lowest BCUT2D eigenvalue weighted by molar-refractivity contribution is -0.870. The maximum atomic E-state index is 13.6. The molecule has 0 aromatic heterocycles. The molecule has 3 unspecified atom stereocenters. The summed E-state index contributed by atoms with van der Waals surface area (Å²) in [6.07, 6.45) is 86.1. The van der Waals surface area contributed by atoms with Crippen LogP contribution in [0.2, 0.25) is 0 Å². The number of hydrogen-bond donors (Lipinski definition) is 1. The Balaban J connectivity index is 5.03. The highest BCUT2D eigenvalue weighted by Gasteiger charge is 2.27. The van der Waals surface area contributed by atoms with Crippen LogP contribution in [-0.4, -0.2) is 69.4 Å². The molecule has 10 heteroatoms. The van der Waals surface area contributed by atoms with E-state index in [1.807, 2.05) is 33.3 Å². The molecule has 0 spiro atoms. The predicted octanol–water partition coefficient (Wildman–Crippen LogP) is 22.9. The number of phosphoric acid groups is 1. The zero-order valence-corrected chi connectivity index (χ0v) is 58.4. The topological polar surface area (TPSA) is 114 Å². The van der Waals surface area contributed by atoms with E-state index in [9.17, 15) is 19.0 Å². The lowest BCUT2D eigenvalue weighted by Gasteiger charge is -2.30. The molecule has 0 aromatic rings. The third-order valence-corrected chi connectivity index (χ3v) is 17.4. The molecule has 0 saturated carbocycles. The largest absolute Gasteiger partial charge is 0.756 e. The number of hydrogen-bond acceptors (Lipinski definition) is 7. The van der Waals surface area contributed by atoms with Crippen molar-refractivity contribution in [3.63, 3.8) is 0 Å². The standard InChI is InChI=1S/C76H141N2O7P/c1-7-10-13-16-19-22-25-28-30-32-34-36-38-39-41-43-45-47-49-51-54-57-60-63-66-69-76(80)85-74(67-64-61-58-55-52-27-24-21-18-15-12-9-3)73(72-84-86(81,82)83-71-70-78(4,5)6)77-75(79)68-65-62-59-56-53-50-48-46-44-42-40-37-35-33-31-29-26-23-20-17-14-11-8-2/h11,14,20,23,29,31,35,37,42,44,64,67,73-74H,7-10,12-13,15-19,21-22,24-28,30,32-34,36,38-41,43,45-63,65-66,68-72H2,1-6H3,(H-,77,79,81,82)/b14-11-,23-20-,31-29-,37-35-,44-42-,67-64+. The Bertz CT molecular complexity index is 1700. The summed E-state index contributed by atoms with van der Waals surface area (Å²) in [6.45, 7) is 6.77. The van der Waals surface area contributed by atoms with Crippen LogP contribution in [0.15, 0.2) is 72.9 Å². The Hall–Kier alpha value is -2.55. The smallest absolute Gasteiger partial charge is 0.306 e. The van der Waals surface area contributed by atoms with E-state index < -0.39 is 26.6 Å². The number of amides is 1. The number of nitrogens with zero attached hydrogens (tertiary/aromatic N) is 1. The lowest BCUT2D eigenvalue weighted by Crippen LogP contribution is -2.47. The van der Waals surface area contributed by atoms with Crippen LogP contribution < -0.4 is 10.2 Å². The summed E-state index contributed by atoms with van der Waals surface area (Å²) < 4.78 is 30.5. The van der Waals surface area contributed by atoms with Crippen LogP contribution in [0.5, 0.6) is 0 Å². The Labute approximate surface area is 533 Å². The molecule has 3 atom stereocenters. The van der Waals surface area contributed by atoms with Gasteiger partial charge in [0.2, 0.25) is 5.91 Å². The van der Waals surface area contributed by atoms with Gasteiger partial charge in [0.15, 0.2) is 0 Å². The Kier molecular flexibility index (Phi) is 63.5.